The number of hydrogen-bond donors (Lipinski definition) is 2. The Morgan fingerprint density at radius 1 is 1.13 bits per heavy atom. The van der Waals surface area contributed by atoms with Crippen LogP contribution in [0.3, 0.4) is 0 Å². The number of rotatable bonds is 5. The van der Waals surface area contributed by atoms with Gasteiger partial charge < -0.3 is 9.52 Å². The summed E-state index contributed by atoms with van der Waals surface area (Å²) in [5.41, 5.74) is 0.564. The Labute approximate surface area is 171 Å². The maximum absolute atomic E-state index is 13.0. The fourth-order valence-corrected chi connectivity index (χ4v) is 3.81. The normalized spacial score (nSPS) is 16.9. The van der Waals surface area contributed by atoms with Crippen molar-refractivity contribution in [1.29, 1.82) is 0 Å². The first-order valence-corrected chi connectivity index (χ1v) is 10.2. The van der Waals surface area contributed by atoms with Crippen LogP contribution >= 0.6 is 0 Å². The van der Waals surface area contributed by atoms with E-state index in [1.165, 1.54) is 60.0 Å². The van der Waals surface area contributed by atoms with Gasteiger partial charge in [0.1, 0.15) is 0 Å². The van der Waals surface area contributed by atoms with Gasteiger partial charge in [-0.25, -0.2) is 13.6 Å². The molecule has 152 valence electrons. The Balaban J connectivity index is 1.85. The molecule has 1 atom stereocenters. The van der Waals surface area contributed by atoms with Crippen LogP contribution < -0.4 is 10.0 Å². The van der Waals surface area contributed by atoms with Crippen LogP contribution in [0.5, 0.6) is 0 Å². The summed E-state index contributed by atoms with van der Waals surface area (Å²) >= 11 is 0. The van der Waals surface area contributed by atoms with E-state index >= 15 is 0 Å². The van der Waals surface area contributed by atoms with Gasteiger partial charge in [0, 0.05) is 18.1 Å². The van der Waals surface area contributed by atoms with E-state index < -0.39 is 33.5 Å². The van der Waals surface area contributed by atoms with Crippen LogP contribution in [0.4, 0.5) is 5.69 Å². The average Bonchev–Trinajstić information content (AvgIpc) is 3.35. The number of nitrogens with two attached hydrogens (primary N) is 1. The van der Waals surface area contributed by atoms with Gasteiger partial charge in [-0.3, -0.25) is 19.5 Å². The number of anilines is 1. The van der Waals surface area contributed by atoms with E-state index in [4.69, 9.17) is 9.56 Å². The Kier molecular flexibility index (Phi) is 4.72. The van der Waals surface area contributed by atoms with Crippen molar-refractivity contribution in [3.05, 3.63) is 89.8 Å². The molecule has 0 saturated carbocycles. The Bertz CT molecular complexity index is 1250. The molecule has 0 saturated heterocycles. The Morgan fingerprint density at radius 2 is 1.87 bits per heavy atom. The van der Waals surface area contributed by atoms with E-state index in [9.17, 15) is 23.1 Å². The Hall–Kier alpha value is -3.76. The van der Waals surface area contributed by atoms with Gasteiger partial charge in [-0.2, -0.15) is 0 Å². The second-order valence-electron chi connectivity index (χ2n) is 6.47. The maximum Gasteiger partial charge on any atom is 0.294 e. The van der Waals surface area contributed by atoms with E-state index in [2.05, 4.69) is 4.98 Å². The van der Waals surface area contributed by atoms with E-state index in [-0.39, 0.29) is 21.9 Å². The van der Waals surface area contributed by atoms with E-state index in [1.807, 2.05) is 0 Å². The van der Waals surface area contributed by atoms with Crippen LogP contribution in [-0.4, -0.2) is 30.2 Å². The molecule has 0 spiro atoms. The molecule has 3 aromatic rings. The van der Waals surface area contributed by atoms with Gasteiger partial charge in [0.15, 0.2) is 11.5 Å². The molecule has 3 N–H and O–H groups in total. The van der Waals surface area contributed by atoms with Crippen molar-refractivity contribution in [2.45, 2.75) is 10.9 Å². The Morgan fingerprint density at radius 3 is 2.43 bits per heavy atom. The molecular weight excluding hydrogens is 410 g/mol. The molecule has 0 aliphatic carbocycles. The number of carbonyl (C=O) groups excluding carboxylic acids is 2. The first-order valence-electron chi connectivity index (χ1n) is 8.66. The number of sulfonamides is 1. The summed E-state index contributed by atoms with van der Waals surface area (Å²) in [5, 5.41) is 15.7. The monoisotopic (exact) mass is 425 g/mol. The van der Waals surface area contributed by atoms with Crippen LogP contribution in [0, 0.1) is 0 Å². The lowest BCUT2D eigenvalue weighted by atomic mass is 9.96. The van der Waals surface area contributed by atoms with Crippen molar-refractivity contribution in [3.63, 3.8) is 0 Å². The molecule has 1 aliphatic rings. The third-order valence-electron chi connectivity index (χ3n) is 4.64. The SMILES string of the molecule is NS(=O)(=O)c1ccc(N2C(=O)C(O)=C(C(=O)c3ccco3)C2c2cccnc2)cc1. The van der Waals surface area contributed by atoms with Crippen molar-refractivity contribution in [1.82, 2.24) is 4.98 Å². The van der Waals surface area contributed by atoms with Crippen LogP contribution in [0.1, 0.15) is 22.2 Å². The predicted molar refractivity (Wildman–Crippen MR) is 105 cm³/mol. The number of nitrogens with zero attached hydrogens (tertiary/aromatic N) is 2. The van der Waals surface area contributed by atoms with Crippen LogP contribution in [-0.2, 0) is 14.8 Å². The van der Waals surface area contributed by atoms with Crippen molar-refractivity contribution >= 4 is 27.4 Å². The smallest absolute Gasteiger partial charge is 0.294 e. The van der Waals surface area contributed by atoms with Crippen LogP contribution in [0.25, 0.3) is 0 Å². The van der Waals surface area contributed by atoms with E-state index in [1.54, 1.807) is 12.1 Å². The summed E-state index contributed by atoms with van der Waals surface area (Å²) in [6.07, 6.45) is 4.31. The number of aromatic nitrogens is 1. The average molecular weight is 425 g/mol. The van der Waals surface area contributed by atoms with Crippen molar-refractivity contribution in [2.24, 2.45) is 5.14 Å². The first kappa shape index (κ1) is 19.6. The number of Topliss-reactive ketones (excluding diaryl/α,β-unsaturated/α-hetero) is 1. The minimum Gasteiger partial charge on any atom is -0.503 e. The number of aliphatic hydroxyl groups is 1. The quantitative estimate of drug-likeness (QED) is 0.596. The standard InChI is InChI=1S/C20H15N3O6S/c21-30(27,28)14-7-5-13(6-8-14)23-17(12-3-1-9-22-11-12)16(19(25)20(23)26)18(24)15-4-2-10-29-15/h1-11,17,25H,(H2,21,27,28). The molecular formula is C20H15N3O6S. The summed E-state index contributed by atoms with van der Waals surface area (Å²) in [4.78, 5) is 31.0. The minimum atomic E-state index is -3.93. The number of amides is 1. The number of furan rings is 1. The lowest BCUT2D eigenvalue weighted by Crippen LogP contribution is -2.31. The molecule has 0 radical (unpaired) electrons. The number of aliphatic hydroxyl groups excluding tert-OH is 1. The van der Waals surface area contributed by atoms with Gasteiger partial charge in [-0.1, -0.05) is 6.07 Å². The molecule has 9 nitrogen and oxygen atoms in total. The van der Waals surface area contributed by atoms with Crippen molar-refractivity contribution in [3.8, 4) is 0 Å². The number of ketones is 1. The molecule has 30 heavy (non-hydrogen) atoms. The number of benzene rings is 1. The molecule has 3 heterocycles. The molecule has 0 bridgehead atoms. The second-order valence-corrected chi connectivity index (χ2v) is 8.03. The highest BCUT2D eigenvalue weighted by Crippen LogP contribution is 2.41. The third kappa shape index (κ3) is 3.27. The second kappa shape index (κ2) is 7.25. The predicted octanol–water partition coefficient (Wildman–Crippen LogP) is 2.10. The fraction of sp³-hybridized carbons (Fsp3) is 0.0500. The zero-order chi connectivity index (χ0) is 21.5. The number of primary sulfonamides is 1. The molecule has 1 amide bonds. The lowest BCUT2D eigenvalue weighted by Gasteiger charge is -2.26. The highest BCUT2D eigenvalue weighted by molar-refractivity contribution is 7.89. The summed E-state index contributed by atoms with van der Waals surface area (Å²) in [6.45, 7) is 0. The van der Waals surface area contributed by atoms with Gasteiger partial charge in [-0.15, -0.1) is 0 Å². The molecule has 2 aromatic heterocycles. The third-order valence-corrected chi connectivity index (χ3v) is 5.57. The summed E-state index contributed by atoms with van der Waals surface area (Å²) in [7, 11) is -3.93. The molecule has 1 aromatic carbocycles. The zero-order valence-electron chi connectivity index (χ0n) is 15.3. The summed E-state index contributed by atoms with van der Waals surface area (Å²) < 4.78 is 28.2. The summed E-state index contributed by atoms with van der Waals surface area (Å²) in [6, 6.07) is 10.5. The number of carbonyl (C=O) groups is 2. The highest BCUT2D eigenvalue weighted by atomic mass is 32.2. The fourth-order valence-electron chi connectivity index (χ4n) is 3.29. The zero-order valence-corrected chi connectivity index (χ0v) is 16.1. The summed E-state index contributed by atoms with van der Waals surface area (Å²) in [5.74, 6) is -2.23. The van der Waals surface area contributed by atoms with Gasteiger partial charge in [0.2, 0.25) is 15.8 Å². The molecule has 10 heteroatoms. The lowest BCUT2D eigenvalue weighted by molar-refractivity contribution is -0.117. The van der Waals surface area contributed by atoms with Gasteiger partial charge >= 0.3 is 0 Å². The minimum absolute atomic E-state index is 0.0373. The van der Waals surface area contributed by atoms with Crippen molar-refractivity contribution in [2.75, 3.05) is 4.90 Å². The van der Waals surface area contributed by atoms with E-state index in [0.717, 1.165) is 0 Å². The van der Waals surface area contributed by atoms with Crippen molar-refractivity contribution < 1.29 is 27.5 Å². The van der Waals surface area contributed by atoms with Gasteiger partial charge in [0.05, 0.1) is 22.8 Å². The van der Waals surface area contributed by atoms with Gasteiger partial charge in [0.25, 0.3) is 5.91 Å². The number of hydrogen-bond acceptors (Lipinski definition) is 7. The van der Waals surface area contributed by atoms with Crippen LogP contribution in [0.2, 0.25) is 0 Å². The topological polar surface area (TPSA) is 144 Å². The molecule has 1 aliphatic heterocycles. The largest absolute Gasteiger partial charge is 0.503 e. The number of pyridine rings is 1. The molecule has 4 rings (SSSR count). The van der Waals surface area contributed by atoms with Gasteiger partial charge in [-0.05, 0) is 48.0 Å². The molecule has 0 fully saturated rings. The first-order chi connectivity index (χ1) is 14.3. The van der Waals surface area contributed by atoms with Crippen LogP contribution in [0.15, 0.2) is 87.8 Å². The maximum atomic E-state index is 13.0. The highest BCUT2D eigenvalue weighted by Gasteiger charge is 2.45. The van der Waals surface area contributed by atoms with E-state index in [0.29, 0.717) is 5.56 Å². The molecule has 1 unspecified atom stereocenters.